The van der Waals surface area contributed by atoms with Gasteiger partial charge >= 0.3 is 11.9 Å². The molecule has 0 heterocycles. The number of unbranched alkanes of at least 4 members (excludes halogenated alkanes) is 10. The van der Waals surface area contributed by atoms with Crippen molar-refractivity contribution in [2.75, 3.05) is 13.2 Å². The van der Waals surface area contributed by atoms with Gasteiger partial charge in [0.25, 0.3) is 0 Å². The first-order valence-electron chi connectivity index (χ1n) is 13.6. The highest BCUT2D eigenvalue weighted by molar-refractivity contribution is 5.82. The Kier molecular flexibility index (Phi) is 17.2. The van der Waals surface area contributed by atoms with E-state index >= 15 is 0 Å². The van der Waals surface area contributed by atoms with Gasteiger partial charge in [0.15, 0.2) is 0 Å². The summed E-state index contributed by atoms with van der Waals surface area (Å²) < 4.78 is 11.2. The van der Waals surface area contributed by atoms with Crippen molar-refractivity contribution in [3.05, 3.63) is 12.2 Å². The number of hydrogen-bond donors (Lipinski definition) is 0. The molecule has 0 fully saturated rings. The molecule has 0 saturated heterocycles. The third kappa shape index (κ3) is 12.6. The van der Waals surface area contributed by atoms with Crippen LogP contribution in [0.2, 0.25) is 0 Å². The van der Waals surface area contributed by atoms with Crippen LogP contribution in [0.15, 0.2) is 12.2 Å². The Bertz CT molecular complexity index is 514. The summed E-state index contributed by atoms with van der Waals surface area (Å²) in [6, 6.07) is 0. The molecule has 4 nitrogen and oxygen atoms in total. The Morgan fingerprint density at radius 3 is 1.75 bits per heavy atom. The maximum atomic E-state index is 12.7. The van der Waals surface area contributed by atoms with Crippen molar-refractivity contribution in [1.82, 2.24) is 0 Å². The van der Waals surface area contributed by atoms with Crippen LogP contribution in [-0.2, 0) is 19.1 Å². The lowest BCUT2D eigenvalue weighted by Gasteiger charge is -2.26. The number of carbonyl (C=O) groups is 2. The van der Waals surface area contributed by atoms with Crippen LogP contribution in [-0.4, -0.2) is 25.2 Å². The van der Waals surface area contributed by atoms with Crippen LogP contribution in [0.4, 0.5) is 0 Å². The summed E-state index contributed by atoms with van der Waals surface area (Å²) in [5.41, 5.74) is 0. The molecule has 0 radical (unpaired) electrons. The molecular weight excluding hydrogens is 400 g/mol. The molecule has 32 heavy (non-hydrogen) atoms. The fraction of sp³-hybridized carbons (Fsp3) is 0.857. The summed E-state index contributed by atoms with van der Waals surface area (Å²) in [7, 11) is 0. The van der Waals surface area contributed by atoms with E-state index in [4.69, 9.17) is 9.47 Å². The molecule has 0 bridgehead atoms. The predicted octanol–water partition coefficient (Wildman–Crippen LogP) is 7.79. The molecule has 3 atom stereocenters. The Hall–Kier alpha value is -1.32. The van der Waals surface area contributed by atoms with Gasteiger partial charge < -0.3 is 9.47 Å². The highest BCUT2D eigenvalue weighted by Crippen LogP contribution is 2.28. The molecule has 0 amide bonds. The second-order valence-corrected chi connectivity index (χ2v) is 9.55. The summed E-state index contributed by atoms with van der Waals surface area (Å²) in [6.45, 7) is 7.51. The van der Waals surface area contributed by atoms with Crippen molar-refractivity contribution in [1.29, 1.82) is 0 Å². The molecule has 3 unspecified atom stereocenters. The van der Waals surface area contributed by atoms with Crippen LogP contribution < -0.4 is 0 Å². The van der Waals surface area contributed by atoms with Crippen LogP contribution in [0.25, 0.3) is 0 Å². The first-order chi connectivity index (χ1) is 15.6. The fourth-order valence-electron chi connectivity index (χ4n) is 4.41. The van der Waals surface area contributed by atoms with Crippen LogP contribution in [0.1, 0.15) is 124 Å². The lowest BCUT2D eigenvalue weighted by atomic mass is 9.83. The molecular formula is C28H50O4. The van der Waals surface area contributed by atoms with E-state index in [2.05, 4.69) is 20.8 Å². The third-order valence-corrected chi connectivity index (χ3v) is 6.78. The first-order valence-corrected chi connectivity index (χ1v) is 13.6. The highest BCUT2D eigenvalue weighted by Gasteiger charge is 2.36. The van der Waals surface area contributed by atoms with E-state index in [0.717, 1.165) is 38.5 Å². The topological polar surface area (TPSA) is 52.6 Å². The Balaban J connectivity index is 2.24. The van der Waals surface area contributed by atoms with Gasteiger partial charge in [-0.15, -0.1) is 0 Å². The van der Waals surface area contributed by atoms with Crippen molar-refractivity contribution in [2.24, 2.45) is 17.8 Å². The molecule has 1 rings (SSSR count). The van der Waals surface area contributed by atoms with Crippen LogP contribution in [0.3, 0.4) is 0 Å². The molecule has 0 N–H and O–H groups in total. The maximum absolute atomic E-state index is 12.7. The number of ether oxygens (including phenoxy) is 2. The molecule has 0 aromatic rings. The predicted molar refractivity (Wildman–Crippen MR) is 132 cm³/mol. The van der Waals surface area contributed by atoms with Gasteiger partial charge in [-0.25, -0.2) is 0 Å². The van der Waals surface area contributed by atoms with Crippen LogP contribution >= 0.6 is 0 Å². The lowest BCUT2D eigenvalue weighted by Crippen LogP contribution is -2.34. The zero-order valence-corrected chi connectivity index (χ0v) is 21.2. The Labute approximate surface area is 197 Å². The number of rotatable bonds is 19. The first kappa shape index (κ1) is 28.7. The van der Waals surface area contributed by atoms with Crippen LogP contribution in [0.5, 0.6) is 0 Å². The van der Waals surface area contributed by atoms with Gasteiger partial charge in [0.05, 0.1) is 25.0 Å². The van der Waals surface area contributed by atoms with Crippen molar-refractivity contribution in [2.45, 2.75) is 124 Å². The van der Waals surface area contributed by atoms with Gasteiger partial charge in [0.2, 0.25) is 0 Å². The zero-order valence-electron chi connectivity index (χ0n) is 21.2. The Morgan fingerprint density at radius 2 is 1.22 bits per heavy atom. The molecule has 0 spiro atoms. The van der Waals surface area contributed by atoms with E-state index in [1.165, 1.54) is 51.4 Å². The lowest BCUT2D eigenvalue weighted by molar-refractivity contribution is -0.162. The van der Waals surface area contributed by atoms with Gasteiger partial charge in [-0.3, -0.25) is 9.59 Å². The van der Waals surface area contributed by atoms with Crippen molar-refractivity contribution < 1.29 is 19.1 Å². The molecule has 186 valence electrons. The van der Waals surface area contributed by atoms with Gasteiger partial charge in [-0.1, -0.05) is 110 Å². The largest absolute Gasteiger partial charge is 0.465 e. The minimum absolute atomic E-state index is 0.231. The average molecular weight is 451 g/mol. The maximum Gasteiger partial charge on any atom is 0.310 e. The van der Waals surface area contributed by atoms with Crippen molar-refractivity contribution in [3.8, 4) is 0 Å². The number of hydrogen-bond acceptors (Lipinski definition) is 4. The van der Waals surface area contributed by atoms with E-state index in [-0.39, 0.29) is 11.9 Å². The van der Waals surface area contributed by atoms with Gasteiger partial charge in [0, 0.05) is 0 Å². The van der Waals surface area contributed by atoms with E-state index in [9.17, 15) is 9.59 Å². The normalized spacial score (nSPS) is 19.0. The molecule has 1 aliphatic rings. The van der Waals surface area contributed by atoms with Gasteiger partial charge in [0.1, 0.15) is 0 Å². The summed E-state index contributed by atoms with van der Waals surface area (Å²) >= 11 is 0. The van der Waals surface area contributed by atoms with E-state index in [0.29, 0.717) is 32.0 Å². The van der Waals surface area contributed by atoms with E-state index in [1.807, 2.05) is 12.2 Å². The number of allylic oxidation sites excluding steroid dienone is 2. The summed E-state index contributed by atoms with van der Waals surface area (Å²) in [5, 5.41) is 0. The quantitative estimate of drug-likeness (QED) is 0.114. The summed E-state index contributed by atoms with van der Waals surface area (Å²) in [5.74, 6) is -0.842. The van der Waals surface area contributed by atoms with E-state index < -0.39 is 11.8 Å². The van der Waals surface area contributed by atoms with Crippen molar-refractivity contribution >= 4 is 11.9 Å². The molecule has 1 aliphatic carbocycles. The molecule has 0 aliphatic heterocycles. The fourth-order valence-corrected chi connectivity index (χ4v) is 4.41. The average Bonchev–Trinajstić information content (AvgIpc) is 2.82. The second-order valence-electron chi connectivity index (χ2n) is 9.55. The third-order valence-electron chi connectivity index (χ3n) is 6.78. The zero-order chi connectivity index (χ0) is 23.4. The highest BCUT2D eigenvalue weighted by atomic mass is 16.5. The second kappa shape index (κ2) is 19.2. The van der Waals surface area contributed by atoms with Crippen LogP contribution in [0, 0.1) is 17.8 Å². The summed E-state index contributed by atoms with van der Waals surface area (Å²) in [6.07, 6.45) is 22.1. The molecule has 0 saturated carbocycles. The van der Waals surface area contributed by atoms with E-state index in [1.54, 1.807) is 0 Å². The monoisotopic (exact) mass is 450 g/mol. The SMILES string of the molecule is CCCCCCCCCCCCOC(=O)C1CC=CCC1C(=O)OCC(CC)CCCC. The van der Waals surface area contributed by atoms with Gasteiger partial charge in [-0.2, -0.15) is 0 Å². The molecule has 4 heteroatoms. The van der Waals surface area contributed by atoms with Crippen molar-refractivity contribution in [3.63, 3.8) is 0 Å². The number of esters is 2. The standard InChI is InChI=1S/C28H50O4/c1-4-7-9-10-11-12-13-14-15-18-22-31-27(29)25-20-16-17-21-26(25)28(30)32-23-24(6-3)19-8-5-2/h16-17,24-26H,4-15,18-23H2,1-3H3. The molecule has 0 aromatic heterocycles. The van der Waals surface area contributed by atoms with Gasteiger partial charge in [-0.05, 0) is 31.6 Å². The smallest absolute Gasteiger partial charge is 0.310 e. The minimum Gasteiger partial charge on any atom is -0.465 e. The Morgan fingerprint density at radius 1 is 0.719 bits per heavy atom. The minimum atomic E-state index is -0.399. The molecule has 0 aromatic carbocycles. The summed E-state index contributed by atoms with van der Waals surface area (Å²) in [4.78, 5) is 25.3. The number of carbonyl (C=O) groups excluding carboxylic acids is 2.